The highest BCUT2D eigenvalue weighted by molar-refractivity contribution is 6.32. The van der Waals surface area contributed by atoms with Gasteiger partial charge in [0, 0.05) is 12.6 Å². The standard InChI is InChI=1S/C9H23NOSi/c1-6-10-8(3)9(4,5)12-11-7-2/h8,10H,6-7,12H2,1-5H3. The van der Waals surface area contributed by atoms with Crippen LogP contribution < -0.4 is 5.32 Å². The Labute approximate surface area is 79.0 Å². The maximum Gasteiger partial charge on any atom is 0.168 e. The molecular weight excluding hydrogens is 166 g/mol. The van der Waals surface area contributed by atoms with E-state index in [-0.39, 0.29) is 0 Å². The largest absolute Gasteiger partial charge is 0.424 e. The van der Waals surface area contributed by atoms with Crippen LogP contribution in [-0.4, -0.2) is 29.0 Å². The molecule has 1 unspecified atom stereocenters. The fourth-order valence-electron chi connectivity index (χ4n) is 1.07. The molecule has 0 aromatic rings. The molecule has 0 saturated heterocycles. The van der Waals surface area contributed by atoms with Crippen LogP contribution in [0.1, 0.15) is 34.6 Å². The van der Waals surface area contributed by atoms with Crippen LogP contribution in [0.4, 0.5) is 0 Å². The van der Waals surface area contributed by atoms with E-state index in [1.807, 2.05) is 0 Å². The van der Waals surface area contributed by atoms with Gasteiger partial charge in [0.05, 0.1) is 0 Å². The van der Waals surface area contributed by atoms with Crippen LogP contribution in [0.3, 0.4) is 0 Å². The zero-order valence-corrected chi connectivity index (χ0v) is 10.5. The summed E-state index contributed by atoms with van der Waals surface area (Å²) in [7, 11) is -0.391. The van der Waals surface area contributed by atoms with Crippen LogP contribution in [0.15, 0.2) is 0 Å². The van der Waals surface area contributed by atoms with Crippen molar-refractivity contribution >= 4 is 9.76 Å². The lowest BCUT2D eigenvalue weighted by Crippen LogP contribution is -2.39. The number of hydrogen-bond acceptors (Lipinski definition) is 2. The Hall–Kier alpha value is 0.137. The molecule has 0 radical (unpaired) electrons. The third-order valence-electron chi connectivity index (χ3n) is 2.36. The zero-order chi connectivity index (χ0) is 9.61. The number of hydrogen-bond donors (Lipinski definition) is 1. The molecule has 1 atom stereocenters. The predicted octanol–water partition coefficient (Wildman–Crippen LogP) is 1.30. The molecule has 0 aliphatic rings. The zero-order valence-electron chi connectivity index (χ0n) is 9.11. The summed E-state index contributed by atoms with van der Waals surface area (Å²) in [6.45, 7) is 13.0. The van der Waals surface area contributed by atoms with Gasteiger partial charge in [0.1, 0.15) is 0 Å². The molecule has 0 bridgehead atoms. The Morgan fingerprint density at radius 3 is 2.42 bits per heavy atom. The monoisotopic (exact) mass is 189 g/mol. The van der Waals surface area contributed by atoms with Gasteiger partial charge in [0.2, 0.25) is 0 Å². The van der Waals surface area contributed by atoms with Crippen LogP contribution >= 0.6 is 0 Å². The van der Waals surface area contributed by atoms with Gasteiger partial charge in [-0.2, -0.15) is 0 Å². The van der Waals surface area contributed by atoms with Crippen LogP contribution in [0, 0.1) is 0 Å². The second-order valence-electron chi connectivity index (χ2n) is 3.91. The molecule has 0 amide bonds. The molecule has 0 fully saturated rings. The SMILES string of the molecule is CCNC(C)C(C)(C)[SiH2]OCC. The Bertz CT molecular complexity index is 117. The van der Waals surface area contributed by atoms with Crippen LogP contribution in [0.25, 0.3) is 0 Å². The van der Waals surface area contributed by atoms with Crippen LogP contribution in [-0.2, 0) is 4.43 Å². The Morgan fingerprint density at radius 1 is 1.42 bits per heavy atom. The molecule has 0 rings (SSSR count). The minimum atomic E-state index is -0.391. The quantitative estimate of drug-likeness (QED) is 0.636. The van der Waals surface area contributed by atoms with Crippen molar-refractivity contribution in [1.82, 2.24) is 5.32 Å². The first kappa shape index (κ1) is 12.1. The van der Waals surface area contributed by atoms with Gasteiger partial charge >= 0.3 is 0 Å². The highest BCUT2D eigenvalue weighted by Gasteiger charge is 2.25. The molecule has 74 valence electrons. The molecular formula is C9H23NOSi. The van der Waals surface area contributed by atoms with E-state index < -0.39 is 9.76 Å². The minimum absolute atomic E-state index is 0.367. The average Bonchev–Trinajstić information content (AvgIpc) is 2.01. The molecule has 0 aliphatic carbocycles. The minimum Gasteiger partial charge on any atom is -0.424 e. The van der Waals surface area contributed by atoms with Crippen LogP contribution in [0.2, 0.25) is 5.04 Å². The van der Waals surface area contributed by atoms with Crippen molar-refractivity contribution < 1.29 is 4.43 Å². The molecule has 12 heavy (non-hydrogen) atoms. The van der Waals surface area contributed by atoms with E-state index in [0.717, 1.165) is 13.2 Å². The van der Waals surface area contributed by atoms with Crippen molar-refractivity contribution in [2.75, 3.05) is 13.2 Å². The first-order chi connectivity index (χ1) is 5.54. The maximum absolute atomic E-state index is 5.56. The summed E-state index contributed by atoms with van der Waals surface area (Å²) in [5.74, 6) is 0. The van der Waals surface area contributed by atoms with Gasteiger partial charge in [0.25, 0.3) is 0 Å². The second-order valence-corrected chi connectivity index (χ2v) is 6.42. The Balaban J connectivity index is 3.81. The lowest BCUT2D eigenvalue weighted by Gasteiger charge is -2.31. The topological polar surface area (TPSA) is 21.3 Å². The fraction of sp³-hybridized carbons (Fsp3) is 1.00. The third kappa shape index (κ3) is 4.23. The van der Waals surface area contributed by atoms with Gasteiger partial charge in [-0.25, -0.2) is 0 Å². The molecule has 1 N–H and O–H groups in total. The second kappa shape index (κ2) is 5.73. The molecule has 0 heterocycles. The van der Waals surface area contributed by atoms with Crippen molar-refractivity contribution in [3.05, 3.63) is 0 Å². The van der Waals surface area contributed by atoms with Gasteiger partial charge in [-0.15, -0.1) is 0 Å². The van der Waals surface area contributed by atoms with Gasteiger partial charge < -0.3 is 9.74 Å². The molecule has 0 aromatic carbocycles. The lowest BCUT2D eigenvalue weighted by atomic mass is 10.1. The molecule has 3 heteroatoms. The average molecular weight is 189 g/mol. The lowest BCUT2D eigenvalue weighted by molar-refractivity contribution is 0.320. The predicted molar refractivity (Wildman–Crippen MR) is 57.3 cm³/mol. The van der Waals surface area contributed by atoms with E-state index in [4.69, 9.17) is 4.43 Å². The van der Waals surface area contributed by atoms with Crippen molar-refractivity contribution in [1.29, 1.82) is 0 Å². The number of nitrogens with one attached hydrogen (secondary N) is 1. The van der Waals surface area contributed by atoms with E-state index >= 15 is 0 Å². The third-order valence-corrected chi connectivity index (χ3v) is 4.33. The van der Waals surface area contributed by atoms with E-state index in [1.54, 1.807) is 0 Å². The first-order valence-electron chi connectivity index (χ1n) is 4.85. The van der Waals surface area contributed by atoms with Crippen molar-refractivity contribution in [3.8, 4) is 0 Å². The summed E-state index contributed by atoms with van der Waals surface area (Å²) < 4.78 is 5.56. The molecule has 2 nitrogen and oxygen atoms in total. The number of rotatable bonds is 6. The summed E-state index contributed by atoms with van der Waals surface area (Å²) in [5, 5.41) is 3.82. The van der Waals surface area contributed by atoms with Gasteiger partial charge in [0.15, 0.2) is 9.76 Å². The van der Waals surface area contributed by atoms with E-state index in [2.05, 4.69) is 39.9 Å². The molecule has 0 aliphatic heterocycles. The maximum atomic E-state index is 5.56. The molecule has 0 spiro atoms. The van der Waals surface area contributed by atoms with E-state index in [0.29, 0.717) is 11.1 Å². The van der Waals surface area contributed by atoms with Crippen molar-refractivity contribution in [3.63, 3.8) is 0 Å². The van der Waals surface area contributed by atoms with Gasteiger partial charge in [-0.3, -0.25) is 0 Å². The highest BCUT2D eigenvalue weighted by Crippen LogP contribution is 2.27. The van der Waals surface area contributed by atoms with Gasteiger partial charge in [-0.05, 0) is 25.4 Å². The smallest absolute Gasteiger partial charge is 0.168 e. The van der Waals surface area contributed by atoms with Crippen molar-refractivity contribution in [2.24, 2.45) is 0 Å². The fourth-order valence-corrected chi connectivity index (χ4v) is 2.20. The normalized spacial score (nSPS) is 15.8. The summed E-state index contributed by atoms with van der Waals surface area (Å²) in [4.78, 5) is 0. The summed E-state index contributed by atoms with van der Waals surface area (Å²) >= 11 is 0. The Morgan fingerprint density at radius 2 is 2.00 bits per heavy atom. The van der Waals surface area contributed by atoms with E-state index in [1.165, 1.54) is 0 Å². The Kier molecular flexibility index (Phi) is 5.79. The van der Waals surface area contributed by atoms with Crippen LogP contribution in [0.5, 0.6) is 0 Å². The molecule has 0 aromatic heterocycles. The van der Waals surface area contributed by atoms with Crippen molar-refractivity contribution in [2.45, 2.75) is 45.7 Å². The van der Waals surface area contributed by atoms with E-state index in [9.17, 15) is 0 Å². The molecule has 0 saturated carbocycles. The van der Waals surface area contributed by atoms with Gasteiger partial charge in [-0.1, -0.05) is 20.8 Å². The first-order valence-corrected chi connectivity index (χ1v) is 6.14. The highest BCUT2D eigenvalue weighted by atomic mass is 28.2. The summed E-state index contributed by atoms with van der Waals surface area (Å²) in [6.07, 6.45) is 0. The summed E-state index contributed by atoms with van der Waals surface area (Å²) in [5.41, 5.74) is 0. The summed E-state index contributed by atoms with van der Waals surface area (Å²) in [6, 6.07) is 0.570.